The van der Waals surface area contributed by atoms with E-state index in [1.54, 1.807) is 25.4 Å². The molecule has 6 rings (SSSR count). The third kappa shape index (κ3) is 4.83. The predicted octanol–water partition coefficient (Wildman–Crippen LogP) is 4.24. The highest BCUT2D eigenvalue weighted by Crippen LogP contribution is 2.43. The van der Waals surface area contributed by atoms with Crippen LogP contribution in [0.15, 0.2) is 54.7 Å². The van der Waals surface area contributed by atoms with Crippen LogP contribution in [0.2, 0.25) is 0 Å². The Labute approximate surface area is 205 Å². The van der Waals surface area contributed by atoms with Gasteiger partial charge in [0.2, 0.25) is 0 Å². The summed E-state index contributed by atoms with van der Waals surface area (Å²) < 4.78 is 16.1. The van der Waals surface area contributed by atoms with Gasteiger partial charge in [-0.15, -0.1) is 0 Å². The number of benzene rings is 2. The lowest BCUT2D eigenvalue weighted by Gasteiger charge is -2.51. The lowest BCUT2D eigenvalue weighted by Crippen LogP contribution is -2.55. The van der Waals surface area contributed by atoms with E-state index in [1.165, 1.54) is 7.11 Å². The number of fused-ring (bicyclic) bond motifs is 4. The molecule has 4 heterocycles. The molecule has 1 unspecified atom stereocenters. The first-order valence-corrected chi connectivity index (χ1v) is 12.2. The van der Waals surface area contributed by atoms with E-state index < -0.39 is 6.10 Å². The summed E-state index contributed by atoms with van der Waals surface area (Å²) in [4.78, 5) is 18.5. The minimum absolute atomic E-state index is 0.105. The molecule has 184 valence electrons. The van der Waals surface area contributed by atoms with Gasteiger partial charge in [0, 0.05) is 24.2 Å². The van der Waals surface area contributed by atoms with Crippen molar-refractivity contribution < 1.29 is 24.1 Å². The van der Waals surface area contributed by atoms with E-state index in [1.807, 2.05) is 36.4 Å². The Morgan fingerprint density at radius 3 is 2.66 bits per heavy atom. The van der Waals surface area contributed by atoms with Crippen LogP contribution in [0.5, 0.6) is 11.5 Å². The monoisotopic (exact) mass is 476 g/mol. The maximum absolute atomic E-state index is 11.6. The highest BCUT2D eigenvalue weighted by Gasteiger charge is 2.43. The van der Waals surface area contributed by atoms with E-state index in [4.69, 9.17) is 14.2 Å². The minimum atomic E-state index is -0.569. The van der Waals surface area contributed by atoms with Crippen molar-refractivity contribution in [3.05, 3.63) is 65.9 Å². The summed E-state index contributed by atoms with van der Waals surface area (Å²) in [5.41, 5.74) is 2.30. The molecular weight excluding hydrogens is 444 g/mol. The van der Waals surface area contributed by atoms with E-state index in [9.17, 15) is 9.90 Å². The number of nitrogens with zero attached hydrogens (tertiary/aromatic N) is 2. The maximum Gasteiger partial charge on any atom is 0.337 e. The van der Waals surface area contributed by atoms with Gasteiger partial charge in [0.15, 0.2) is 0 Å². The van der Waals surface area contributed by atoms with Crippen molar-refractivity contribution in [2.75, 3.05) is 33.9 Å². The maximum atomic E-state index is 11.6. The zero-order valence-corrected chi connectivity index (χ0v) is 20.2. The van der Waals surface area contributed by atoms with Gasteiger partial charge in [-0.3, -0.25) is 9.88 Å². The van der Waals surface area contributed by atoms with E-state index in [2.05, 4.69) is 9.88 Å². The number of methoxy groups -OCH3 is 2. The summed E-state index contributed by atoms with van der Waals surface area (Å²) in [5, 5.41) is 12.4. The van der Waals surface area contributed by atoms with Crippen LogP contribution in [0.1, 0.15) is 41.3 Å². The molecule has 3 aromatic rings. The van der Waals surface area contributed by atoms with Crippen LogP contribution in [-0.4, -0.2) is 60.9 Å². The van der Waals surface area contributed by atoms with Gasteiger partial charge in [-0.1, -0.05) is 0 Å². The minimum Gasteiger partial charge on any atom is -0.497 e. The first-order chi connectivity index (χ1) is 17.1. The fraction of sp³-hybridized carbons (Fsp3) is 0.429. The van der Waals surface area contributed by atoms with E-state index in [-0.39, 0.29) is 12.0 Å². The van der Waals surface area contributed by atoms with Crippen molar-refractivity contribution in [2.24, 2.45) is 11.8 Å². The highest BCUT2D eigenvalue weighted by atomic mass is 16.5. The standard InChI is InChI=1S/C28H32N2O5/c1-33-22-7-8-25-24(16-22)23(9-12-29-25)27(31)26-15-19-10-13-30(26)17-20(19)11-14-35-21-5-3-18(4-6-21)28(32)34-2/h3-9,12,16,19-20,26-27,31H,10-11,13-15,17H2,1-2H3/t19-,20+,26-,27+/m0/s1. The van der Waals surface area contributed by atoms with Gasteiger partial charge in [-0.2, -0.15) is 0 Å². The number of hydrogen-bond donors (Lipinski definition) is 1. The number of aromatic nitrogens is 1. The zero-order valence-electron chi connectivity index (χ0n) is 20.2. The lowest BCUT2D eigenvalue weighted by molar-refractivity contribution is -0.0593. The van der Waals surface area contributed by atoms with Gasteiger partial charge >= 0.3 is 5.97 Å². The van der Waals surface area contributed by atoms with Crippen LogP contribution in [-0.2, 0) is 4.74 Å². The summed E-state index contributed by atoms with van der Waals surface area (Å²) in [6, 6.07) is 14.9. The molecule has 2 bridgehead atoms. The molecule has 3 aliphatic rings. The second-order valence-corrected chi connectivity index (χ2v) is 9.49. The van der Waals surface area contributed by atoms with E-state index >= 15 is 0 Å². The number of aliphatic hydroxyl groups is 1. The van der Waals surface area contributed by atoms with Crippen molar-refractivity contribution in [3.8, 4) is 11.5 Å². The summed E-state index contributed by atoms with van der Waals surface area (Å²) in [6.45, 7) is 2.63. The number of piperidine rings is 3. The van der Waals surface area contributed by atoms with Gasteiger partial charge in [0.1, 0.15) is 11.5 Å². The van der Waals surface area contributed by atoms with Gasteiger partial charge in [0.05, 0.1) is 38.0 Å². The summed E-state index contributed by atoms with van der Waals surface area (Å²) in [5.74, 6) is 2.31. The Balaban J connectivity index is 1.21. The van der Waals surface area contributed by atoms with Gasteiger partial charge in [-0.05, 0) is 91.7 Å². The van der Waals surface area contributed by atoms with Crippen LogP contribution in [0.4, 0.5) is 0 Å². The molecule has 0 aliphatic carbocycles. The average Bonchev–Trinajstić information content (AvgIpc) is 2.92. The second-order valence-electron chi connectivity index (χ2n) is 9.49. The molecule has 0 radical (unpaired) electrons. The second kappa shape index (κ2) is 10.2. The van der Waals surface area contributed by atoms with Crippen LogP contribution in [0.3, 0.4) is 0 Å². The number of carbonyl (C=O) groups excluding carboxylic acids is 1. The van der Waals surface area contributed by atoms with Gasteiger partial charge in [0.25, 0.3) is 0 Å². The first kappa shape index (κ1) is 23.6. The molecule has 35 heavy (non-hydrogen) atoms. The third-order valence-corrected chi connectivity index (χ3v) is 7.63. The molecule has 0 saturated carbocycles. The lowest BCUT2D eigenvalue weighted by atomic mass is 9.72. The third-order valence-electron chi connectivity index (χ3n) is 7.63. The van der Waals surface area contributed by atoms with Crippen molar-refractivity contribution in [1.82, 2.24) is 9.88 Å². The SMILES string of the molecule is COC(=O)c1ccc(OCC[C@@H]2CN3CC[C@H]2C[C@H]3[C@H](O)c2ccnc3ccc(OC)cc23)cc1. The zero-order chi connectivity index (χ0) is 24.4. The van der Waals surface area contributed by atoms with Crippen LogP contribution in [0.25, 0.3) is 10.9 Å². The number of aliphatic hydroxyl groups excluding tert-OH is 1. The smallest absolute Gasteiger partial charge is 0.337 e. The van der Waals surface area contributed by atoms with Crippen molar-refractivity contribution in [1.29, 1.82) is 0 Å². The molecular formula is C28H32N2O5. The molecule has 7 heteroatoms. The predicted molar refractivity (Wildman–Crippen MR) is 133 cm³/mol. The average molecular weight is 477 g/mol. The Morgan fingerprint density at radius 1 is 1.14 bits per heavy atom. The molecule has 1 aromatic heterocycles. The number of ether oxygens (including phenoxy) is 3. The molecule has 0 amide bonds. The molecule has 2 aromatic carbocycles. The largest absolute Gasteiger partial charge is 0.497 e. The van der Waals surface area contributed by atoms with Gasteiger partial charge in [-0.25, -0.2) is 4.79 Å². The van der Waals surface area contributed by atoms with E-state index in [0.29, 0.717) is 24.0 Å². The molecule has 3 aliphatic heterocycles. The quantitative estimate of drug-likeness (QED) is 0.487. The fourth-order valence-corrected chi connectivity index (χ4v) is 5.71. The normalized spacial score (nSPS) is 24.2. The molecule has 0 spiro atoms. The summed E-state index contributed by atoms with van der Waals surface area (Å²) in [6.07, 6.45) is 4.32. The first-order valence-electron chi connectivity index (χ1n) is 12.2. The van der Waals surface area contributed by atoms with Gasteiger partial charge < -0.3 is 19.3 Å². The van der Waals surface area contributed by atoms with Crippen LogP contribution in [0, 0.1) is 11.8 Å². The van der Waals surface area contributed by atoms with Crippen LogP contribution < -0.4 is 9.47 Å². The number of pyridine rings is 1. The number of rotatable bonds is 8. The molecule has 7 nitrogen and oxygen atoms in total. The van der Waals surface area contributed by atoms with Crippen molar-refractivity contribution in [2.45, 2.75) is 31.4 Å². The molecule has 3 saturated heterocycles. The number of carbonyl (C=O) groups is 1. The topological polar surface area (TPSA) is 81.1 Å². The Bertz CT molecular complexity index is 1180. The molecule has 5 atom stereocenters. The Hall–Kier alpha value is -3.16. The summed E-state index contributed by atoms with van der Waals surface area (Å²) in [7, 11) is 3.03. The van der Waals surface area contributed by atoms with Crippen molar-refractivity contribution >= 4 is 16.9 Å². The Morgan fingerprint density at radius 2 is 1.94 bits per heavy atom. The number of hydrogen-bond acceptors (Lipinski definition) is 7. The highest BCUT2D eigenvalue weighted by molar-refractivity contribution is 5.89. The van der Waals surface area contributed by atoms with Crippen molar-refractivity contribution in [3.63, 3.8) is 0 Å². The summed E-state index contributed by atoms with van der Waals surface area (Å²) >= 11 is 0. The van der Waals surface area contributed by atoms with Crippen LogP contribution >= 0.6 is 0 Å². The molecule has 3 fully saturated rings. The number of esters is 1. The molecule has 1 N–H and O–H groups in total. The fourth-order valence-electron chi connectivity index (χ4n) is 5.71. The Kier molecular flexibility index (Phi) is 6.88. The van der Waals surface area contributed by atoms with E-state index in [0.717, 1.165) is 60.3 Å².